The number of hydrogen-bond acceptors (Lipinski definition) is 1. The summed E-state index contributed by atoms with van der Waals surface area (Å²) in [6.45, 7) is 3.06. The van der Waals surface area contributed by atoms with Crippen molar-refractivity contribution in [3.63, 3.8) is 0 Å². The lowest BCUT2D eigenvalue weighted by Crippen LogP contribution is -2.50. The van der Waals surface area contributed by atoms with E-state index in [1.165, 1.54) is 19.3 Å². The predicted octanol–water partition coefficient (Wildman–Crippen LogP) is 3.19. The monoisotopic (exact) mass is 243 g/mol. The van der Waals surface area contributed by atoms with Crippen molar-refractivity contribution in [2.45, 2.75) is 57.9 Å². The van der Waals surface area contributed by atoms with E-state index in [1.807, 2.05) is 0 Å². The Morgan fingerprint density at radius 2 is 2.00 bits per heavy atom. The van der Waals surface area contributed by atoms with Crippen LogP contribution in [0.25, 0.3) is 0 Å². The maximum atomic E-state index is 12.6. The van der Waals surface area contributed by atoms with Crippen LogP contribution in [0.15, 0.2) is 0 Å². The third kappa shape index (κ3) is 2.22. The highest BCUT2D eigenvalue weighted by Gasteiger charge is 2.41. The first-order valence-corrected chi connectivity index (χ1v) is 7.08. The minimum absolute atomic E-state index is 0.0817. The van der Waals surface area contributed by atoms with Crippen LogP contribution in [0.4, 0.5) is 0 Å². The van der Waals surface area contributed by atoms with E-state index in [0.717, 1.165) is 32.2 Å². The molecule has 0 aromatic rings. The topological polar surface area (TPSA) is 20.3 Å². The second-order valence-corrected chi connectivity index (χ2v) is 5.88. The molecule has 0 spiro atoms. The molecule has 92 valence electrons. The van der Waals surface area contributed by atoms with Crippen molar-refractivity contribution in [1.82, 2.24) is 4.90 Å². The average Bonchev–Trinajstić information content (AvgIpc) is 2.76. The molecule has 3 heteroatoms. The molecule has 1 amide bonds. The third-order valence-electron chi connectivity index (χ3n) is 4.29. The molecule has 2 rings (SSSR count). The fraction of sp³-hybridized carbons (Fsp3) is 0.923. The fourth-order valence-corrected chi connectivity index (χ4v) is 3.47. The van der Waals surface area contributed by atoms with Crippen molar-refractivity contribution < 1.29 is 4.79 Å². The Morgan fingerprint density at radius 3 is 2.62 bits per heavy atom. The van der Waals surface area contributed by atoms with Crippen LogP contribution < -0.4 is 0 Å². The summed E-state index contributed by atoms with van der Waals surface area (Å²) in [4.78, 5) is 14.6. The summed E-state index contributed by atoms with van der Waals surface area (Å²) in [7, 11) is 0. The van der Waals surface area contributed by atoms with E-state index in [1.54, 1.807) is 0 Å². The van der Waals surface area contributed by atoms with Gasteiger partial charge in [0, 0.05) is 23.9 Å². The molecule has 0 radical (unpaired) electrons. The van der Waals surface area contributed by atoms with Gasteiger partial charge in [-0.2, -0.15) is 0 Å². The van der Waals surface area contributed by atoms with Gasteiger partial charge in [0.1, 0.15) is 0 Å². The van der Waals surface area contributed by atoms with Crippen molar-refractivity contribution in [3.05, 3.63) is 0 Å². The van der Waals surface area contributed by atoms with E-state index < -0.39 is 0 Å². The molecule has 1 aliphatic heterocycles. The Kier molecular flexibility index (Phi) is 3.78. The number of nitrogens with zero attached hydrogens (tertiary/aromatic N) is 1. The quantitative estimate of drug-likeness (QED) is 0.683. The molecule has 1 saturated carbocycles. The number of hydrogen-bond donors (Lipinski definition) is 0. The van der Waals surface area contributed by atoms with Crippen LogP contribution in [-0.4, -0.2) is 29.3 Å². The van der Waals surface area contributed by atoms with Gasteiger partial charge >= 0.3 is 0 Å². The average molecular weight is 244 g/mol. The summed E-state index contributed by atoms with van der Waals surface area (Å²) in [6.07, 6.45) is 8.01. The Labute approximate surface area is 103 Å². The molecule has 16 heavy (non-hydrogen) atoms. The molecule has 1 atom stereocenters. The number of amides is 1. The Balaban J connectivity index is 2.07. The highest BCUT2D eigenvalue weighted by Crippen LogP contribution is 2.40. The van der Waals surface area contributed by atoms with Gasteiger partial charge in [0.15, 0.2) is 0 Å². The molecule has 0 bridgehead atoms. The molecule has 1 heterocycles. The summed E-state index contributed by atoms with van der Waals surface area (Å²) < 4.78 is 0. The van der Waals surface area contributed by atoms with Crippen LogP contribution in [0.2, 0.25) is 0 Å². The summed E-state index contributed by atoms with van der Waals surface area (Å²) in [5.74, 6) is 0.970. The van der Waals surface area contributed by atoms with Gasteiger partial charge in [0.2, 0.25) is 5.91 Å². The SMILES string of the molecule is CC1(C(=O)N2CCCCC2CCl)CCCC1. The zero-order valence-corrected chi connectivity index (χ0v) is 10.9. The second kappa shape index (κ2) is 4.95. The molecule has 0 aromatic heterocycles. The standard InChI is InChI=1S/C13H22ClNO/c1-13(7-3-4-8-13)12(16)15-9-5-2-6-11(15)10-14/h11H,2-10H2,1H3. The zero-order chi connectivity index (χ0) is 11.6. The largest absolute Gasteiger partial charge is 0.338 e. The molecule has 2 fully saturated rings. The minimum atomic E-state index is -0.0817. The number of carbonyl (C=O) groups excluding carboxylic acids is 1. The van der Waals surface area contributed by atoms with E-state index in [9.17, 15) is 4.79 Å². The molecular weight excluding hydrogens is 222 g/mol. The summed E-state index contributed by atoms with van der Waals surface area (Å²) >= 11 is 5.98. The maximum Gasteiger partial charge on any atom is 0.228 e. The second-order valence-electron chi connectivity index (χ2n) is 5.57. The lowest BCUT2D eigenvalue weighted by Gasteiger charge is -2.39. The van der Waals surface area contributed by atoms with Crippen LogP contribution in [-0.2, 0) is 4.79 Å². The van der Waals surface area contributed by atoms with Crippen LogP contribution in [0.3, 0.4) is 0 Å². The lowest BCUT2D eigenvalue weighted by molar-refractivity contribution is -0.144. The minimum Gasteiger partial charge on any atom is -0.338 e. The Bertz CT molecular complexity index is 261. The third-order valence-corrected chi connectivity index (χ3v) is 4.65. The number of alkyl halides is 1. The van der Waals surface area contributed by atoms with Crippen LogP contribution in [0.5, 0.6) is 0 Å². The van der Waals surface area contributed by atoms with Crippen molar-refractivity contribution in [2.75, 3.05) is 12.4 Å². The van der Waals surface area contributed by atoms with Gasteiger partial charge in [-0.3, -0.25) is 4.79 Å². The molecule has 1 saturated heterocycles. The van der Waals surface area contributed by atoms with E-state index in [0.29, 0.717) is 17.8 Å². The number of halogens is 1. The maximum absolute atomic E-state index is 12.6. The van der Waals surface area contributed by atoms with Crippen LogP contribution in [0.1, 0.15) is 51.9 Å². The van der Waals surface area contributed by atoms with Gasteiger partial charge in [-0.05, 0) is 32.1 Å². The van der Waals surface area contributed by atoms with Gasteiger partial charge in [-0.1, -0.05) is 19.8 Å². The lowest BCUT2D eigenvalue weighted by atomic mass is 9.85. The number of likely N-dealkylation sites (tertiary alicyclic amines) is 1. The first-order valence-electron chi connectivity index (χ1n) is 6.54. The number of piperidine rings is 1. The van der Waals surface area contributed by atoms with E-state index in [-0.39, 0.29) is 5.41 Å². The van der Waals surface area contributed by atoms with Gasteiger partial charge in [0.05, 0.1) is 0 Å². The molecule has 1 unspecified atom stereocenters. The van der Waals surface area contributed by atoms with Crippen molar-refractivity contribution >= 4 is 17.5 Å². The summed E-state index contributed by atoms with van der Waals surface area (Å²) in [5.41, 5.74) is -0.0817. The van der Waals surface area contributed by atoms with E-state index in [2.05, 4.69) is 11.8 Å². The molecule has 1 aliphatic carbocycles. The van der Waals surface area contributed by atoms with Crippen molar-refractivity contribution in [3.8, 4) is 0 Å². The first kappa shape index (κ1) is 12.2. The van der Waals surface area contributed by atoms with Crippen molar-refractivity contribution in [1.29, 1.82) is 0 Å². The molecule has 0 aromatic carbocycles. The summed E-state index contributed by atoms with van der Waals surface area (Å²) in [5, 5.41) is 0. The first-order chi connectivity index (χ1) is 7.67. The van der Waals surface area contributed by atoms with Crippen LogP contribution in [0, 0.1) is 5.41 Å². The van der Waals surface area contributed by atoms with Crippen molar-refractivity contribution in [2.24, 2.45) is 5.41 Å². The number of carbonyl (C=O) groups is 1. The number of rotatable bonds is 2. The normalized spacial score (nSPS) is 29.4. The Hall–Kier alpha value is -0.240. The molecule has 2 aliphatic rings. The van der Waals surface area contributed by atoms with Gasteiger partial charge < -0.3 is 4.90 Å². The van der Waals surface area contributed by atoms with E-state index in [4.69, 9.17) is 11.6 Å². The van der Waals surface area contributed by atoms with Crippen LogP contribution >= 0.6 is 11.6 Å². The van der Waals surface area contributed by atoms with Gasteiger partial charge in [-0.25, -0.2) is 0 Å². The molecule has 0 N–H and O–H groups in total. The van der Waals surface area contributed by atoms with Gasteiger partial charge in [0.25, 0.3) is 0 Å². The molecule has 2 nitrogen and oxygen atoms in total. The smallest absolute Gasteiger partial charge is 0.228 e. The van der Waals surface area contributed by atoms with E-state index >= 15 is 0 Å². The predicted molar refractivity (Wildman–Crippen MR) is 66.6 cm³/mol. The highest BCUT2D eigenvalue weighted by molar-refractivity contribution is 6.18. The fourth-order valence-electron chi connectivity index (χ4n) is 3.14. The highest BCUT2D eigenvalue weighted by atomic mass is 35.5. The summed E-state index contributed by atoms with van der Waals surface area (Å²) in [6, 6.07) is 0.292. The molecular formula is C13H22ClNO. The Morgan fingerprint density at radius 1 is 1.31 bits per heavy atom. The zero-order valence-electron chi connectivity index (χ0n) is 10.2. The van der Waals surface area contributed by atoms with Gasteiger partial charge in [-0.15, -0.1) is 11.6 Å².